The highest BCUT2D eigenvalue weighted by molar-refractivity contribution is 5.31. The molecule has 2 rings (SSSR count). The van der Waals surface area contributed by atoms with Gasteiger partial charge < -0.3 is 15.2 Å². The Morgan fingerprint density at radius 1 is 1.05 bits per heavy atom. The van der Waals surface area contributed by atoms with Crippen LogP contribution in [0.2, 0.25) is 0 Å². The van der Waals surface area contributed by atoms with Crippen LogP contribution in [0.1, 0.15) is 24.1 Å². The summed E-state index contributed by atoms with van der Waals surface area (Å²) >= 11 is 0. The molecule has 0 saturated carbocycles. The van der Waals surface area contributed by atoms with Crippen LogP contribution in [0.25, 0.3) is 0 Å². The second-order valence-corrected chi connectivity index (χ2v) is 5.27. The predicted molar refractivity (Wildman–Crippen MR) is 85.5 cm³/mol. The zero-order chi connectivity index (χ0) is 15.1. The van der Waals surface area contributed by atoms with Gasteiger partial charge in [0, 0.05) is 12.6 Å². The number of benzene rings is 2. The van der Waals surface area contributed by atoms with Gasteiger partial charge in [-0.15, -0.1) is 0 Å². The van der Waals surface area contributed by atoms with E-state index in [1.807, 2.05) is 49.4 Å². The average Bonchev–Trinajstić information content (AvgIpc) is 2.52. The Kier molecular flexibility index (Phi) is 5.78. The van der Waals surface area contributed by atoms with Crippen LogP contribution in [-0.2, 0) is 0 Å². The summed E-state index contributed by atoms with van der Waals surface area (Å²) in [6.07, 6.45) is -0.532. The molecule has 2 aromatic carbocycles. The van der Waals surface area contributed by atoms with E-state index in [1.165, 1.54) is 5.56 Å². The van der Waals surface area contributed by atoms with Gasteiger partial charge in [-0.05, 0) is 31.0 Å². The number of para-hydroxylation sites is 1. The molecule has 0 aliphatic carbocycles. The molecule has 1 unspecified atom stereocenters. The maximum absolute atomic E-state index is 10.0. The van der Waals surface area contributed by atoms with Crippen molar-refractivity contribution in [2.75, 3.05) is 13.2 Å². The molecule has 0 aliphatic heterocycles. The van der Waals surface area contributed by atoms with Gasteiger partial charge in [-0.3, -0.25) is 0 Å². The average molecular weight is 285 g/mol. The molecule has 3 nitrogen and oxygen atoms in total. The quantitative estimate of drug-likeness (QED) is 0.821. The second-order valence-electron chi connectivity index (χ2n) is 5.27. The van der Waals surface area contributed by atoms with Gasteiger partial charge in [-0.25, -0.2) is 0 Å². The molecule has 0 saturated heterocycles. The summed E-state index contributed by atoms with van der Waals surface area (Å²) in [6, 6.07) is 18.2. The smallest absolute Gasteiger partial charge is 0.122 e. The summed E-state index contributed by atoms with van der Waals surface area (Å²) in [6.45, 7) is 4.88. The minimum absolute atomic E-state index is 0.208. The van der Waals surface area contributed by atoms with Gasteiger partial charge in [0.15, 0.2) is 0 Å². The summed E-state index contributed by atoms with van der Waals surface area (Å²) in [5, 5.41) is 13.3. The van der Waals surface area contributed by atoms with Crippen molar-refractivity contribution in [3.05, 3.63) is 65.7 Å². The minimum Gasteiger partial charge on any atom is -0.491 e. The van der Waals surface area contributed by atoms with Gasteiger partial charge in [0.1, 0.15) is 18.5 Å². The van der Waals surface area contributed by atoms with Crippen LogP contribution in [0.4, 0.5) is 0 Å². The molecule has 0 spiro atoms. The summed E-state index contributed by atoms with van der Waals surface area (Å²) in [5.74, 6) is 0.827. The summed E-state index contributed by atoms with van der Waals surface area (Å²) in [7, 11) is 0. The zero-order valence-electron chi connectivity index (χ0n) is 12.6. The third-order valence-corrected chi connectivity index (χ3v) is 3.48. The lowest BCUT2D eigenvalue weighted by atomic mass is 10.1. The maximum atomic E-state index is 10.0. The number of aliphatic hydroxyl groups is 1. The molecule has 3 heteroatoms. The van der Waals surface area contributed by atoms with Gasteiger partial charge in [0.05, 0.1) is 0 Å². The number of rotatable bonds is 7. The van der Waals surface area contributed by atoms with Crippen LogP contribution in [0.5, 0.6) is 5.75 Å². The van der Waals surface area contributed by atoms with E-state index in [4.69, 9.17) is 4.74 Å². The Labute approximate surface area is 126 Å². The standard InChI is InChI=1S/C18H23NO2/c1-14-8-6-7-11-18(14)21-13-17(20)12-19-15(2)16-9-4-3-5-10-16/h3-11,15,17,19-20H,12-13H2,1-2H3/t15-,17?/m0/s1. The van der Waals surface area contributed by atoms with Crippen LogP contribution < -0.4 is 10.1 Å². The largest absolute Gasteiger partial charge is 0.491 e. The van der Waals surface area contributed by atoms with Crippen molar-refractivity contribution in [1.82, 2.24) is 5.32 Å². The molecule has 21 heavy (non-hydrogen) atoms. The van der Waals surface area contributed by atoms with Gasteiger partial charge in [0.2, 0.25) is 0 Å². The van der Waals surface area contributed by atoms with Crippen molar-refractivity contribution in [1.29, 1.82) is 0 Å². The SMILES string of the molecule is Cc1ccccc1OCC(O)CN[C@@H](C)c1ccccc1. The number of ether oxygens (including phenoxy) is 1. The predicted octanol–water partition coefficient (Wildman–Crippen LogP) is 3.09. The van der Waals surface area contributed by atoms with Gasteiger partial charge in [0.25, 0.3) is 0 Å². The second kappa shape index (κ2) is 7.81. The number of hydrogen-bond donors (Lipinski definition) is 2. The van der Waals surface area contributed by atoms with Crippen LogP contribution in [0.3, 0.4) is 0 Å². The molecule has 0 fully saturated rings. The molecule has 0 radical (unpaired) electrons. The van der Waals surface area contributed by atoms with E-state index >= 15 is 0 Å². The Morgan fingerprint density at radius 2 is 1.71 bits per heavy atom. The molecule has 0 aromatic heterocycles. The molecule has 2 N–H and O–H groups in total. The lowest BCUT2D eigenvalue weighted by Crippen LogP contribution is -2.33. The molecule has 0 heterocycles. The molecule has 112 valence electrons. The van der Waals surface area contributed by atoms with E-state index in [9.17, 15) is 5.11 Å². The molecule has 0 amide bonds. The fraction of sp³-hybridized carbons (Fsp3) is 0.333. The lowest BCUT2D eigenvalue weighted by Gasteiger charge is -2.18. The van der Waals surface area contributed by atoms with E-state index in [2.05, 4.69) is 24.4 Å². The Hall–Kier alpha value is -1.84. The number of nitrogens with one attached hydrogen (secondary N) is 1. The minimum atomic E-state index is -0.532. The highest BCUT2D eigenvalue weighted by Crippen LogP contribution is 2.16. The van der Waals surface area contributed by atoms with E-state index in [-0.39, 0.29) is 6.04 Å². The Morgan fingerprint density at radius 3 is 2.43 bits per heavy atom. The van der Waals surface area contributed by atoms with E-state index < -0.39 is 6.10 Å². The van der Waals surface area contributed by atoms with Gasteiger partial charge >= 0.3 is 0 Å². The van der Waals surface area contributed by atoms with E-state index in [1.54, 1.807) is 0 Å². The van der Waals surface area contributed by atoms with Gasteiger partial charge in [-0.1, -0.05) is 48.5 Å². The van der Waals surface area contributed by atoms with Crippen LogP contribution in [0.15, 0.2) is 54.6 Å². The summed E-state index contributed by atoms with van der Waals surface area (Å²) < 4.78 is 5.65. The Bertz CT molecular complexity index is 542. The first-order valence-corrected chi connectivity index (χ1v) is 7.31. The topological polar surface area (TPSA) is 41.5 Å². The highest BCUT2D eigenvalue weighted by atomic mass is 16.5. The molecule has 0 aliphatic rings. The maximum Gasteiger partial charge on any atom is 0.122 e. The fourth-order valence-corrected chi connectivity index (χ4v) is 2.14. The highest BCUT2D eigenvalue weighted by Gasteiger charge is 2.09. The number of aryl methyl sites for hydroxylation is 1. The van der Waals surface area contributed by atoms with E-state index in [0.717, 1.165) is 11.3 Å². The molecular weight excluding hydrogens is 262 g/mol. The first-order chi connectivity index (χ1) is 10.2. The first kappa shape index (κ1) is 15.5. The van der Waals surface area contributed by atoms with Crippen LogP contribution in [-0.4, -0.2) is 24.4 Å². The third-order valence-electron chi connectivity index (χ3n) is 3.48. The third kappa shape index (κ3) is 4.88. The van der Waals surface area contributed by atoms with Gasteiger partial charge in [-0.2, -0.15) is 0 Å². The van der Waals surface area contributed by atoms with Crippen LogP contribution >= 0.6 is 0 Å². The van der Waals surface area contributed by atoms with E-state index in [0.29, 0.717) is 13.2 Å². The van der Waals surface area contributed by atoms with Crippen molar-refractivity contribution in [3.8, 4) is 5.75 Å². The summed E-state index contributed by atoms with van der Waals surface area (Å²) in [5.41, 5.74) is 2.29. The van der Waals surface area contributed by atoms with Crippen molar-refractivity contribution >= 4 is 0 Å². The van der Waals surface area contributed by atoms with Crippen LogP contribution in [0, 0.1) is 6.92 Å². The molecule has 2 aromatic rings. The molecule has 0 bridgehead atoms. The molecular formula is C18H23NO2. The zero-order valence-corrected chi connectivity index (χ0v) is 12.6. The Balaban J connectivity index is 1.75. The first-order valence-electron chi connectivity index (χ1n) is 7.31. The van der Waals surface area contributed by atoms with Crippen molar-refractivity contribution < 1.29 is 9.84 Å². The number of hydrogen-bond acceptors (Lipinski definition) is 3. The normalized spacial score (nSPS) is 13.7. The summed E-state index contributed by atoms with van der Waals surface area (Å²) in [4.78, 5) is 0. The molecule has 2 atom stereocenters. The number of aliphatic hydroxyl groups excluding tert-OH is 1. The lowest BCUT2D eigenvalue weighted by molar-refractivity contribution is 0.104. The van der Waals surface area contributed by atoms with Crippen molar-refractivity contribution in [2.45, 2.75) is 26.0 Å². The van der Waals surface area contributed by atoms with Crippen molar-refractivity contribution in [3.63, 3.8) is 0 Å². The van der Waals surface area contributed by atoms with Crippen molar-refractivity contribution in [2.24, 2.45) is 0 Å². The monoisotopic (exact) mass is 285 g/mol. The fourth-order valence-electron chi connectivity index (χ4n) is 2.14.